The van der Waals surface area contributed by atoms with Crippen LogP contribution in [0.25, 0.3) is 0 Å². The van der Waals surface area contributed by atoms with Gasteiger partial charge in [-0.2, -0.15) is 0 Å². The molecule has 0 atom stereocenters. The minimum absolute atomic E-state index is 0.0261. The molecule has 28 heavy (non-hydrogen) atoms. The molecule has 0 bridgehead atoms. The molecule has 1 fully saturated rings. The quantitative estimate of drug-likeness (QED) is 0.790. The Morgan fingerprint density at radius 3 is 1.79 bits per heavy atom. The van der Waals surface area contributed by atoms with Crippen LogP contribution in [0.5, 0.6) is 5.75 Å². The molecule has 0 spiro atoms. The summed E-state index contributed by atoms with van der Waals surface area (Å²) < 4.78 is 5.13. The van der Waals surface area contributed by atoms with Gasteiger partial charge in [0, 0.05) is 23.2 Å². The van der Waals surface area contributed by atoms with Gasteiger partial charge in [-0.3, -0.25) is 9.59 Å². The molecule has 0 aliphatic heterocycles. The summed E-state index contributed by atoms with van der Waals surface area (Å²) in [6, 6.07) is 13.3. The zero-order valence-electron chi connectivity index (χ0n) is 16.7. The number of anilines is 2. The molecular weight excluding hydrogens is 352 g/mol. The highest BCUT2D eigenvalue weighted by Gasteiger charge is 2.30. The van der Waals surface area contributed by atoms with Gasteiger partial charge in [0.2, 0.25) is 11.8 Å². The molecular formula is C23H28N2O3. The molecule has 0 saturated heterocycles. The van der Waals surface area contributed by atoms with E-state index in [1.165, 1.54) is 5.56 Å². The predicted molar refractivity (Wildman–Crippen MR) is 112 cm³/mol. The van der Waals surface area contributed by atoms with Crippen LogP contribution in [0.15, 0.2) is 42.5 Å². The Morgan fingerprint density at radius 1 is 0.786 bits per heavy atom. The van der Waals surface area contributed by atoms with E-state index in [0.717, 1.165) is 48.4 Å². The van der Waals surface area contributed by atoms with Gasteiger partial charge in [0.1, 0.15) is 5.75 Å². The molecule has 5 heteroatoms. The number of rotatable bonds is 5. The normalized spacial score (nSPS) is 19.0. The number of nitrogens with one attached hydrogen (secondary N) is 2. The van der Waals surface area contributed by atoms with Crippen LogP contribution in [0, 0.1) is 25.7 Å². The van der Waals surface area contributed by atoms with E-state index in [1.807, 2.05) is 49.4 Å². The van der Waals surface area contributed by atoms with Gasteiger partial charge in [0.05, 0.1) is 7.11 Å². The molecule has 2 aromatic rings. The predicted octanol–water partition coefficient (Wildman–Crippen LogP) is 4.70. The number of hydrogen-bond donors (Lipinski definition) is 2. The maximum Gasteiger partial charge on any atom is 0.227 e. The van der Waals surface area contributed by atoms with E-state index in [9.17, 15) is 9.59 Å². The van der Waals surface area contributed by atoms with Gasteiger partial charge in [-0.05, 0) is 87.1 Å². The first-order valence-corrected chi connectivity index (χ1v) is 9.79. The second-order valence-electron chi connectivity index (χ2n) is 7.55. The Morgan fingerprint density at radius 2 is 1.29 bits per heavy atom. The fraction of sp³-hybridized carbons (Fsp3) is 0.391. The maximum atomic E-state index is 12.6. The molecule has 2 amide bonds. The number of hydrogen-bond acceptors (Lipinski definition) is 3. The molecule has 2 aromatic carbocycles. The summed E-state index contributed by atoms with van der Waals surface area (Å²) in [5, 5.41) is 5.99. The molecule has 1 aliphatic rings. The van der Waals surface area contributed by atoms with Crippen molar-refractivity contribution in [3.63, 3.8) is 0 Å². The third kappa shape index (κ3) is 4.91. The maximum absolute atomic E-state index is 12.6. The largest absolute Gasteiger partial charge is 0.497 e. The van der Waals surface area contributed by atoms with Crippen molar-refractivity contribution in [1.82, 2.24) is 0 Å². The first-order chi connectivity index (χ1) is 13.5. The van der Waals surface area contributed by atoms with Crippen molar-refractivity contribution in [2.45, 2.75) is 39.5 Å². The van der Waals surface area contributed by atoms with Crippen LogP contribution in [-0.2, 0) is 9.59 Å². The van der Waals surface area contributed by atoms with Gasteiger partial charge < -0.3 is 15.4 Å². The highest BCUT2D eigenvalue weighted by Crippen LogP contribution is 2.31. The summed E-state index contributed by atoms with van der Waals surface area (Å²) in [7, 11) is 1.61. The van der Waals surface area contributed by atoms with Crippen LogP contribution >= 0.6 is 0 Å². The molecule has 1 aliphatic carbocycles. The van der Waals surface area contributed by atoms with Gasteiger partial charge in [0.25, 0.3) is 0 Å². The van der Waals surface area contributed by atoms with Crippen molar-refractivity contribution in [2.24, 2.45) is 11.8 Å². The Balaban J connectivity index is 1.49. The number of carbonyl (C=O) groups excluding carboxylic acids is 2. The Labute approximate surface area is 166 Å². The highest BCUT2D eigenvalue weighted by molar-refractivity contribution is 5.94. The van der Waals surface area contributed by atoms with Crippen molar-refractivity contribution in [1.29, 1.82) is 0 Å². The number of ether oxygens (including phenoxy) is 1. The van der Waals surface area contributed by atoms with Gasteiger partial charge in [-0.15, -0.1) is 0 Å². The van der Waals surface area contributed by atoms with Gasteiger partial charge in [0.15, 0.2) is 0 Å². The summed E-state index contributed by atoms with van der Waals surface area (Å²) in [6.07, 6.45) is 2.93. The van der Waals surface area contributed by atoms with Crippen LogP contribution in [0.1, 0.15) is 36.8 Å². The first kappa shape index (κ1) is 19.9. The molecule has 0 aromatic heterocycles. The highest BCUT2D eigenvalue weighted by atomic mass is 16.5. The van der Waals surface area contributed by atoms with E-state index in [-0.39, 0.29) is 23.7 Å². The second-order valence-corrected chi connectivity index (χ2v) is 7.55. The molecule has 2 N–H and O–H groups in total. The van der Waals surface area contributed by atoms with Crippen molar-refractivity contribution in [3.8, 4) is 5.75 Å². The van der Waals surface area contributed by atoms with Crippen LogP contribution in [0.2, 0.25) is 0 Å². The molecule has 5 nitrogen and oxygen atoms in total. The topological polar surface area (TPSA) is 67.4 Å². The number of carbonyl (C=O) groups is 2. The molecule has 148 valence electrons. The van der Waals surface area contributed by atoms with Gasteiger partial charge >= 0.3 is 0 Å². The van der Waals surface area contributed by atoms with Crippen LogP contribution in [0.4, 0.5) is 11.4 Å². The average molecular weight is 380 g/mol. The van der Waals surface area contributed by atoms with Crippen molar-refractivity contribution < 1.29 is 14.3 Å². The van der Waals surface area contributed by atoms with E-state index in [0.29, 0.717) is 0 Å². The molecule has 3 rings (SSSR count). The number of aryl methyl sites for hydroxylation is 2. The smallest absolute Gasteiger partial charge is 0.227 e. The fourth-order valence-electron chi connectivity index (χ4n) is 3.60. The van der Waals surface area contributed by atoms with Crippen LogP contribution in [0.3, 0.4) is 0 Å². The van der Waals surface area contributed by atoms with E-state index < -0.39 is 0 Å². The molecule has 0 unspecified atom stereocenters. The zero-order valence-corrected chi connectivity index (χ0v) is 16.7. The van der Waals surface area contributed by atoms with Gasteiger partial charge in [-0.25, -0.2) is 0 Å². The van der Waals surface area contributed by atoms with Gasteiger partial charge in [-0.1, -0.05) is 6.07 Å². The van der Waals surface area contributed by atoms with E-state index >= 15 is 0 Å². The summed E-state index contributed by atoms with van der Waals surface area (Å²) in [5.74, 6) is 0.753. The summed E-state index contributed by atoms with van der Waals surface area (Å²) in [5.41, 5.74) is 3.98. The Bertz CT molecular complexity index is 837. The Kier molecular flexibility index (Phi) is 6.34. The third-order valence-corrected chi connectivity index (χ3v) is 5.60. The SMILES string of the molecule is COc1ccc(NC(=O)C2CCC(C(=O)Nc3ccc(C)c(C)c3)CC2)cc1. The second kappa shape index (κ2) is 8.91. The van der Waals surface area contributed by atoms with Crippen LogP contribution in [-0.4, -0.2) is 18.9 Å². The van der Waals surface area contributed by atoms with Crippen molar-refractivity contribution >= 4 is 23.2 Å². The van der Waals surface area contributed by atoms with E-state index in [1.54, 1.807) is 7.11 Å². The summed E-state index contributed by atoms with van der Waals surface area (Å²) in [4.78, 5) is 25.1. The standard InChI is InChI=1S/C23H28N2O3/c1-15-4-9-20(14-16(15)2)25-23(27)18-7-5-17(6-8-18)22(26)24-19-10-12-21(28-3)13-11-19/h4,9-14,17-18H,5-8H2,1-3H3,(H,24,26)(H,25,27). The van der Waals surface area contributed by atoms with Crippen molar-refractivity contribution in [3.05, 3.63) is 53.6 Å². The molecule has 0 radical (unpaired) electrons. The molecule has 1 saturated carbocycles. The average Bonchev–Trinajstić information content (AvgIpc) is 2.71. The lowest BCUT2D eigenvalue weighted by Gasteiger charge is -2.27. The third-order valence-electron chi connectivity index (χ3n) is 5.60. The number of methoxy groups -OCH3 is 1. The Hall–Kier alpha value is -2.82. The molecule has 0 heterocycles. The zero-order chi connectivity index (χ0) is 20.1. The minimum Gasteiger partial charge on any atom is -0.497 e. The summed E-state index contributed by atoms with van der Waals surface area (Å²) >= 11 is 0. The van der Waals surface area contributed by atoms with Crippen LogP contribution < -0.4 is 15.4 Å². The monoisotopic (exact) mass is 380 g/mol. The van der Waals surface area contributed by atoms with E-state index in [4.69, 9.17) is 4.74 Å². The fourth-order valence-corrected chi connectivity index (χ4v) is 3.60. The lowest BCUT2D eigenvalue weighted by atomic mass is 9.81. The number of amides is 2. The van der Waals surface area contributed by atoms with E-state index in [2.05, 4.69) is 17.6 Å². The number of benzene rings is 2. The first-order valence-electron chi connectivity index (χ1n) is 9.79. The summed E-state index contributed by atoms with van der Waals surface area (Å²) in [6.45, 7) is 4.09. The van der Waals surface area contributed by atoms with Crippen molar-refractivity contribution in [2.75, 3.05) is 17.7 Å². The minimum atomic E-state index is -0.0484. The lowest BCUT2D eigenvalue weighted by molar-refractivity contribution is -0.125. The lowest BCUT2D eigenvalue weighted by Crippen LogP contribution is -2.32.